The van der Waals surface area contributed by atoms with E-state index in [9.17, 15) is 13.2 Å². The van der Waals surface area contributed by atoms with Gasteiger partial charge in [0.15, 0.2) is 0 Å². The van der Waals surface area contributed by atoms with Crippen molar-refractivity contribution < 1.29 is 13.2 Å². The van der Waals surface area contributed by atoms with Gasteiger partial charge in [0, 0.05) is 7.05 Å². The van der Waals surface area contributed by atoms with E-state index in [-0.39, 0.29) is 30.7 Å². The van der Waals surface area contributed by atoms with Crippen LogP contribution in [0.4, 0.5) is 5.69 Å². The van der Waals surface area contributed by atoms with Crippen LogP contribution in [0, 0.1) is 0 Å². The number of hydrogen-bond donors (Lipinski definition) is 1. The summed E-state index contributed by atoms with van der Waals surface area (Å²) >= 11 is 23.8. The fourth-order valence-corrected chi connectivity index (χ4v) is 4.67. The van der Waals surface area contributed by atoms with E-state index in [4.69, 9.17) is 46.4 Å². The van der Waals surface area contributed by atoms with Crippen LogP contribution in [0.5, 0.6) is 0 Å². The van der Waals surface area contributed by atoms with Crippen molar-refractivity contribution in [2.75, 3.05) is 18.9 Å². The molecular formula is C15H12Cl4N2O3S. The van der Waals surface area contributed by atoms with Gasteiger partial charge in [0.2, 0.25) is 15.9 Å². The SMILES string of the molecule is CN(CC(=O)Nc1c(Cl)cccc1Cl)S(=O)(=O)c1c(Cl)cccc1Cl. The Balaban J connectivity index is 2.21. The maximum absolute atomic E-state index is 12.6. The van der Waals surface area contributed by atoms with Gasteiger partial charge in [0.05, 0.1) is 32.3 Å². The minimum Gasteiger partial charge on any atom is -0.322 e. The zero-order valence-corrected chi connectivity index (χ0v) is 16.6. The minimum absolute atomic E-state index is 0.0334. The van der Waals surface area contributed by atoms with Crippen LogP contribution in [0.2, 0.25) is 20.1 Å². The Morgan fingerprint density at radius 3 is 1.88 bits per heavy atom. The summed E-state index contributed by atoms with van der Waals surface area (Å²) in [5.74, 6) is -0.621. The van der Waals surface area contributed by atoms with Crippen LogP contribution >= 0.6 is 46.4 Å². The van der Waals surface area contributed by atoms with Crippen LogP contribution in [0.25, 0.3) is 0 Å². The van der Waals surface area contributed by atoms with E-state index < -0.39 is 22.5 Å². The van der Waals surface area contributed by atoms with E-state index in [0.717, 1.165) is 4.31 Å². The van der Waals surface area contributed by atoms with Crippen molar-refractivity contribution in [3.8, 4) is 0 Å². The van der Waals surface area contributed by atoms with Gasteiger partial charge in [-0.05, 0) is 24.3 Å². The van der Waals surface area contributed by atoms with Crippen LogP contribution in [0.1, 0.15) is 0 Å². The first-order chi connectivity index (χ1) is 11.6. The Morgan fingerprint density at radius 2 is 1.40 bits per heavy atom. The highest BCUT2D eigenvalue weighted by Crippen LogP contribution is 2.32. The van der Waals surface area contributed by atoms with Crippen molar-refractivity contribution in [1.82, 2.24) is 4.31 Å². The number of nitrogens with one attached hydrogen (secondary N) is 1. The Kier molecular flexibility index (Phi) is 6.59. The Bertz CT molecular complexity index is 878. The molecule has 1 N–H and O–H groups in total. The highest BCUT2D eigenvalue weighted by molar-refractivity contribution is 7.89. The van der Waals surface area contributed by atoms with Crippen LogP contribution in [-0.4, -0.2) is 32.2 Å². The molecule has 0 radical (unpaired) electrons. The van der Waals surface area contributed by atoms with Gasteiger partial charge in [-0.15, -0.1) is 0 Å². The molecular weight excluding hydrogens is 430 g/mol. The van der Waals surface area contributed by atoms with Gasteiger partial charge in [-0.25, -0.2) is 8.42 Å². The molecule has 0 aliphatic carbocycles. The first-order valence-electron chi connectivity index (χ1n) is 6.79. The lowest BCUT2D eigenvalue weighted by Gasteiger charge is -2.19. The predicted molar refractivity (Wildman–Crippen MR) is 101 cm³/mol. The van der Waals surface area contributed by atoms with E-state index in [1.807, 2.05) is 0 Å². The normalized spacial score (nSPS) is 11.6. The molecule has 2 aromatic rings. The summed E-state index contributed by atoms with van der Waals surface area (Å²) in [4.78, 5) is 11.9. The minimum atomic E-state index is -4.07. The number of carbonyl (C=O) groups is 1. The van der Waals surface area contributed by atoms with Gasteiger partial charge in [0.25, 0.3) is 0 Å². The number of para-hydroxylation sites is 1. The second-order valence-electron chi connectivity index (χ2n) is 4.96. The number of carbonyl (C=O) groups excluding carboxylic acids is 1. The van der Waals surface area contributed by atoms with Crippen LogP contribution < -0.4 is 5.32 Å². The van der Waals surface area contributed by atoms with Crippen molar-refractivity contribution in [3.63, 3.8) is 0 Å². The molecule has 2 aromatic carbocycles. The summed E-state index contributed by atoms with van der Waals surface area (Å²) in [6.45, 7) is -0.481. The number of amides is 1. The van der Waals surface area contributed by atoms with E-state index in [1.165, 1.54) is 25.2 Å². The third-order valence-corrected chi connectivity index (χ3v) is 6.57. The zero-order valence-electron chi connectivity index (χ0n) is 12.8. The maximum Gasteiger partial charge on any atom is 0.246 e. The van der Waals surface area contributed by atoms with Gasteiger partial charge >= 0.3 is 0 Å². The molecule has 0 unspecified atom stereocenters. The monoisotopic (exact) mass is 440 g/mol. The number of likely N-dealkylation sites (N-methyl/N-ethyl adjacent to an activating group) is 1. The molecule has 0 aliphatic rings. The molecule has 0 spiro atoms. The fraction of sp³-hybridized carbons (Fsp3) is 0.133. The van der Waals surface area contributed by atoms with Gasteiger partial charge in [-0.2, -0.15) is 4.31 Å². The summed E-state index contributed by atoms with van der Waals surface area (Å²) in [6, 6.07) is 9.04. The molecule has 134 valence electrons. The van der Waals surface area contributed by atoms with Crippen LogP contribution in [-0.2, 0) is 14.8 Å². The third kappa shape index (κ3) is 4.58. The molecule has 0 fully saturated rings. The standard InChI is InChI=1S/C15H12Cl4N2O3S/c1-21(25(23,24)15-11(18)6-3-7-12(15)19)8-13(22)20-14-9(16)4-2-5-10(14)17/h2-7H,8H2,1H3,(H,20,22). The lowest BCUT2D eigenvalue weighted by molar-refractivity contribution is -0.116. The van der Waals surface area contributed by atoms with Gasteiger partial charge in [0.1, 0.15) is 4.90 Å². The first-order valence-corrected chi connectivity index (χ1v) is 9.74. The Hall–Kier alpha value is -1.02. The zero-order chi connectivity index (χ0) is 18.8. The molecule has 2 rings (SSSR count). The molecule has 1 amide bonds. The molecule has 0 heterocycles. The Labute approximate surface area is 165 Å². The maximum atomic E-state index is 12.6. The lowest BCUT2D eigenvalue weighted by Crippen LogP contribution is -2.35. The largest absolute Gasteiger partial charge is 0.322 e. The quantitative estimate of drug-likeness (QED) is 0.739. The molecule has 10 heteroatoms. The number of sulfonamides is 1. The summed E-state index contributed by atoms with van der Waals surface area (Å²) in [5.41, 5.74) is 0.206. The van der Waals surface area contributed by atoms with E-state index >= 15 is 0 Å². The number of benzene rings is 2. The van der Waals surface area contributed by atoms with Crippen molar-refractivity contribution in [2.24, 2.45) is 0 Å². The second-order valence-corrected chi connectivity index (χ2v) is 8.57. The number of halogens is 4. The summed E-state index contributed by atoms with van der Waals surface area (Å²) in [6.07, 6.45) is 0. The first kappa shape index (κ1) is 20.3. The van der Waals surface area contributed by atoms with Crippen molar-refractivity contribution in [1.29, 1.82) is 0 Å². The van der Waals surface area contributed by atoms with Gasteiger partial charge in [-0.1, -0.05) is 58.5 Å². The highest BCUT2D eigenvalue weighted by atomic mass is 35.5. The lowest BCUT2D eigenvalue weighted by atomic mass is 10.3. The van der Waals surface area contributed by atoms with Gasteiger partial charge < -0.3 is 5.32 Å². The topological polar surface area (TPSA) is 66.5 Å². The molecule has 0 bridgehead atoms. The highest BCUT2D eigenvalue weighted by Gasteiger charge is 2.28. The van der Waals surface area contributed by atoms with Gasteiger partial charge in [-0.3, -0.25) is 4.79 Å². The summed E-state index contributed by atoms with van der Waals surface area (Å²) < 4.78 is 26.1. The average Bonchev–Trinajstić information content (AvgIpc) is 2.50. The van der Waals surface area contributed by atoms with Crippen molar-refractivity contribution in [3.05, 3.63) is 56.5 Å². The van der Waals surface area contributed by atoms with Crippen molar-refractivity contribution >= 4 is 68.0 Å². The molecule has 0 atom stereocenters. The van der Waals surface area contributed by atoms with E-state index in [1.54, 1.807) is 18.2 Å². The smallest absolute Gasteiger partial charge is 0.246 e. The van der Waals surface area contributed by atoms with E-state index in [2.05, 4.69) is 5.32 Å². The summed E-state index contributed by atoms with van der Waals surface area (Å²) in [7, 11) is -2.83. The average molecular weight is 442 g/mol. The predicted octanol–water partition coefficient (Wildman–Crippen LogP) is 4.56. The Morgan fingerprint density at radius 1 is 0.960 bits per heavy atom. The molecule has 0 aliphatic heterocycles. The van der Waals surface area contributed by atoms with E-state index in [0.29, 0.717) is 0 Å². The second kappa shape index (κ2) is 8.12. The number of rotatable bonds is 5. The van der Waals surface area contributed by atoms with Crippen LogP contribution in [0.3, 0.4) is 0 Å². The molecule has 0 saturated carbocycles. The summed E-state index contributed by atoms with van der Waals surface area (Å²) in [5, 5.41) is 2.89. The number of anilines is 1. The fourth-order valence-electron chi connectivity index (χ4n) is 1.97. The molecule has 0 aromatic heterocycles. The third-order valence-electron chi connectivity index (χ3n) is 3.18. The number of hydrogen-bond acceptors (Lipinski definition) is 3. The molecule has 0 saturated heterocycles. The number of nitrogens with zero attached hydrogens (tertiary/aromatic N) is 1. The van der Waals surface area contributed by atoms with Crippen LogP contribution in [0.15, 0.2) is 41.3 Å². The molecule has 25 heavy (non-hydrogen) atoms. The van der Waals surface area contributed by atoms with Crippen molar-refractivity contribution in [2.45, 2.75) is 4.90 Å². The molecule has 5 nitrogen and oxygen atoms in total.